The van der Waals surface area contributed by atoms with Gasteiger partial charge in [0.25, 0.3) is 56.7 Å². The minimum Gasteiger partial charge on any atom is -0.395 e. The summed E-state index contributed by atoms with van der Waals surface area (Å²) in [6.45, 7) is 19.0. The Morgan fingerprint density at radius 1 is 0.357 bits per heavy atom. The third-order valence-corrected chi connectivity index (χ3v) is 22.0. The summed E-state index contributed by atoms with van der Waals surface area (Å²) in [5.74, 6) is 5.04. The van der Waals surface area contributed by atoms with Crippen LogP contribution in [0.25, 0.3) is 84.5 Å². The van der Waals surface area contributed by atoms with Crippen LogP contribution < -0.4 is 49.1 Å². The lowest BCUT2D eigenvalue weighted by Crippen LogP contribution is -2.28. The van der Waals surface area contributed by atoms with Crippen molar-refractivity contribution in [3.05, 3.63) is 360 Å². The topological polar surface area (TPSA) is 387 Å². The van der Waals surface area contributed by atoms with Crippen molar-refractivity contribution in [2.45, 2.75) is 101 Å². The zero-order valence-electron chi connectivity index (χ0n) is 70.3. The van der Waals surface area contributed by atoms with Gasteiger partial charge in [0.2, 0.25) is 0 Å². The van der Waals surface area contributed by atoms with Crippen LogP contribution in [-0.2, 0) is 39.3 Å². The van der Waals surface area contributed by atoms with E-state index in [9.17, 15) is 29.1 Å². The van der Waals surface area contributed by atoms with Crippen LogP contribution in [0, 0.1) is 41.5 Å². The number of nitrogens with one attached hydrogen (secondary N) is 9. The van der Waals surface area contributed by atoms with E-state index in [4.69, 9.17) is 0 Å². The average molecular weight is 1720 g/mol. The van der Waals surface area contributed by atoms with E-state index in [1.807, 2.05) is 201 Å². The first kappa shape index (κ1) is 85.9. The molecule has 12 aromatic heterocycles. The molecule has 0 unspecified atom stereocenters. The summed E-state index contributed by atoms with van der Waals surface area (Å²) in [6.07, 6.45) is 2.25. The first-order chi connectivity index (χ1) is 61.3. The number of rotatable bonds is 25. The summed E-state index contributed by atoms with van der Waals surface area (Å²) in [4.78, 5) is 111. The second-order valence-corrected chi connectivity index (χ2v) is 31.8. The first-order valence-corrected chi connectivity index (χ1v) is 42.8. The standard InChI is InChI=1S/C21H21N5O2.C20H19N5O.2C18H17N5OS.C16H19N5O/c27-12-11-25(14-16-7-3-1-4-8-16)15-18-13-19(28)26-21(22-18)23-20(24-26)17-9-5-2-6-10-17;1-13-6-5-8-15(10-13)19-23-20-22-16(11-18(26)25(20)24-19)12-21-17-9-4-3-7-14(17)2;1-11-5-3-6-12(2)16(11)19-10-13-9-15(24)23-18(20-13)21-17(22-23)14-7-4-8-25-14;1-11-5-6-14(12(2)8-11)19-10-13-9-16(24)23-18(20-13)21-17(22-23)15-4-3-7-25-15;1-2-3-9-17-11-13-10-14(22)21-16(18-13)19-15(20-21)12-7-5-4-6-8-12/h1-10,13,27H,11-12,14-15H2,(H,22,23,24);3-11,21H,12H2,1-2H3,(H,22,23,24);2*3-9,19H,10H2,1-2H3,(H,20,21,22);4-8,10,17H,2-3,9,11H2,1H3,(H,18,19,20). The third kappa shape index (κ3) is 21.5. The molecule has 0 aliphatic rings. The highest BCUT2D eigenvalue weighted by molar-refractivity contribution is 7.13. The SMILES string of the molecule is CCCCNCc1cc(=O)n2[nH]c(-c3ccccc3)nc2n1.Cc1ccc(NCc2cc(=O)n3[nH]c(-c4cccs4)nc3n2)c(C)c1.Cc1cccc(-c2nc3nc(CNc4ccccc4C)cc(=O)n3[nH]2)c1.Cc1cccc(C)c1NCc1cc(=O)n2[nH]c(-c3cccs3)nc2n1.O=c1cc(CN(CCO)Cc2ccccc2)nc2nc(-c3ccccc3)[nH]n12. The second kappa shape index (κ2) is 40.3. The minimum atomic E-state index is -0.210. The monoisotopic (exact) mass is 1720 g/mol. The molecule has 0 aliphatic carbocycles. The van der Waals surface area contributed by atoms with Crippen molar-refractivity contribution in [1.82, 2.24) is 108 Å². The number of aromatic nitrogens is 20. The van der Waals surface area contributed by atoms with Crippen LogP contribution in [0.2, 0.25) is 0 Å². The van der Waals surface area contributed by atoms with E-state index in [-0.39, 0.29) is 34.4 Å². The fourth-order valence-corrected chi connectivity index (χ4v) is 15.2. The smallest absolute Gasteiger partial charge is 0.274 e. The molecule has 31 nitrogen and oxygen atoms in total. The van der Waals surface area contributed by atoms with Crippen molar-refractivity contribution in [3.8, 4) is 55.6 Å². The van der Waals surface area contributed by atoms with Gasteiger partial charge in [0.05, 0.1) is 64.5 Å². The Morgan fingerprint density at radius 3 is 1.21 bits per heavy atom. The van der Waals surface area contributed by atoms with Gasteiger partial charge in [-0.3, -0.25) is 54.4 Å². The van der Waals surface area contributed by atoms with E-state index in [2.05, 4.69) is 160 Å². The number of aryl methyl sites for hydroxylation is 6. The van der Waals surface area contributed by atoms with Crippen molar-refractivity contribution >= 4 is 68.6 Å². The van der Waals surface area contributed by atoms with E-state index in [1.54, 1.807) is 28.7 Å². The van der Waals surface area contributed by atoms with Crippen molar-refractivity contribution in [1.29, 1.82) is 0 Å². The number of hydrogen-bond acceptors (Lipinski definition) is 23. The number of aromatic amines is 5. The number of para-hydroxylation sites is 2. The molecule has 0 fully saturated rings. The molecular formula is C93H93N25O6S2. The molecule has 638 valence electrons. The van der Waals surface area contributed by atoms with Crippen molar-refractivity contribution in [2.75, 3.05) is 35.6 Å². The van der Waals surface area contributed by atoms with Crippen LogP contribution in [-0.4, -0.2) is 128 Å². The summed E-state index contributed by atoms with van der Waals surface area (Å²) in [5, 5.41) is 41.7. The largest absolute Gasteiger partial charge is 0.395 e. The van der Waals surface area contributed by atoms with Crippen LogP contribution in [0.4, 0.5) is 17.1 Å². The number of aliphatic hydroxyl groups is 1. The molecule has 0 bridgehead atoms. The molecule has 0 atom stereocenters. The van der Waals surface area contributed by atoms with E-state index < -0.39 is 0 Å². The molecule has 0 saturated heterocycles. The fraction of sp³-hybridized carbons (Fsp3) is 0.194. The number of H-pyrrole nitrogens is 5. The van der Waals surface area contributed by atoms with Gasteiger partial charge < -0.3 is 26.4 Å². The molecule has 12 heterocycles. The normalized spacial score (nSPS) is 11.2. The molecule has 10 N–H and O–H groups in total. The van der Waals surface area contributed by atoms with Gasteiger partial charge in [0, 0.05) is 90.3 Å². The van der Waals surface area contributed by atoms with Crippen LogP contribution in [0.3, 0.4) is 0 Å². The number of thiophene rings is 2. The van der Waals surface area contributed by atoms with Crippen LogP contribution in [0.15, 0.2) is 265 Å². The van der Waals surface area contributed by atoms with Crippen molar-refractivity contribution in [2.24, 2.45) is 0 Å². The average Bonchev–Trinajstić information content (AvgIpc) is 1.67. The van der Waals surface area contributed by atoms with Gasteiger partial charge in [-0.05, 0) is 123 Å². The number of nitrogens with zero attached hydrogens (tertiary/aromatic N) is 16. The predicted molar refractivity (Wildman–Crippen MR) is 495 cm³/mol. The highest BCUT2D eigenvalue weighted by Crippen LogP contribution is 2.26. The summed E-state index contributed by atoms with van der Waals surface area (Å²) >= 11 is 3.13. The Hall–Kier alpha value is -15.0. The fourth-order valence-electron chi connectivity index (χ4n) is 13.9. The van der Waals surface area contributed by atoms with Gasteiger partial charge in [0.15, 0.2) is 29.1 Å². The Kier molecular flexibility index (Phi) is 27.5. The molecule has 19 aromatic rings. The maximum atomic E-state index is 12.5. The number of fused-ring (bicyclic) bond motifs is 5. The van der Waals surface area contributed by atoms with Crippen LogP contribution in [0.1, 0.15) is 87.2 Å². The maximum absolute atomic E-state index is 12.5. The van der Waals surface area contributed by atoms with Gasteiger partial charge in [-0.25, -0.2) is 24.9 Å². The summed E-state index contributed by atoms with van der Waals surface area (Å²) in [5.41, 5.74) is 16.5. The number of unbranched alkanes of at least 4 members (excludes halogenated alkanes) is 1. The quantitative estimate of drug-likeness (QED) is 0.0238. The second-order valence-electron chi connectivity index (χ2n) is 29.9. The van der Waals surface area contributed by atoms with E-state index in [1.165, 1.54) is 52.4 Å². The maximum Gasteiger partial charge on any atom is 0.274 e. The van der Waals surface area contributed by atoms with Gasteiger partial charge >= 0.3 is 0 Å². The van der Waals surface area contributed by atoms with E-state index >= 15 is 0 Å². The lowest BCUT2D eigenvalue weighted by molar-refractivity contribution is 0.183. The lowest BCUT2D eigenvalue weighted by Gasteiger charge is -2.20. The molecule has 0 aliphatic heterocycles. The van der Waals surface area contributed by atoms with Crippen molar-refractivity contribution in [3.63, 3.8) is 0 Å². The molecule has 0 radical (unpaired) electrons. The Morgan fingerprint density at radius 2 is 0.754 bits per heavy atom. The molecule has 7 aromatic carbocycles. The number of benzene rings is 7. The molecular weight excluding hydrogens is 1630 g/mol. The van der Waals surface area contributed by atoms with Gasteiger partial charge in [-0.2, -0.15) is 47.5 Å². The summed E-state index contributed by atoms with van der Waals surface area (Å²) < 4.78 is 6.83. The van der Waals surface area contributed by atoms with Gasteiger partial charge in [-0.15, -0.1) is 22.7 Å². The number of anilines is 3. The predicted octanol–water partition coefficient (Wildman–Crippen LogP) is 14.1. The molecule has 126 heavy (non-hydrogen) atoms. The Bertz CT molecular complexity index is 7220. The first-order valence-electron chi connectivity index (χ1n) is 41.0. The van der Waals surface area contributed by atoms with Crippen LogP contribution >= 0.6 is 22.7 Å². The lowest BCUT2D eigenvalue weighted by atomic mass is 10.1. The molecule has 19 rings (SSSR count). The van der Waals surface area contributed by atoms with Gasteiger partial charge in [-0.1, -0.05) is 194 Å². The van der Waals surface area contributed by atoms with Gasteiger partial charge in [0.1, 0.15) is 0 Å². The number of hydrogen-bond donors (Lipinski definition) is 10. The van der Waals surface area contributed by atoms with E-state index in [0.29, 0.717) is 132 Å². The van der Waals surface area contributed by atoms with Crippen LogP contribution in [0.5, 0.6) is 0 Å². The highest BCUT2D eigenvalue weighted by atomic mass is 32.1. The molecule has 0 amide bonds. The zero-order valence-corrected chi connectivity index (χ0v) is 72.0. The molecule has 0 spiro atoms. The Balaban J connectivity index is 0.000000122. The number of aliphatic hydroxyl groups excluding tert-OH is 1. The molecule has 33 heteroatoms. The minimum absolute atomic E-state index is 0.0363. The summed E-state index contributed by atoms with van der Waals surface area (Å²) in [7, 11) is 0. The van der Waals surface area contributed by atoms with E-state index in [0.717, 1.165) is 96.3 Å². The van der Waals surface area contributed by atoms with Crippen molar-refractivity contribution < 1.29 is 5.11 Å². The summed E-state index contributed by atoms with van der Waals surface area (Å²) in [6, 6.07) is 73.1. The zero-order chi connectivity index (χ0) is 87.6. The highest BCUT2D eigenvalue weighted by Gasteiger charge is 2.18. The Labute approximate surface area is 729 Å². The third-order valence-electron chi connectivity index (χ3n) is 20.3. The molecule has 0 saturated carbocycles.